The molecule has 12 heteroatoms. The van der Waals surface area contributed by atoms with Crippen LogP contribution in [0, 0.1) is 0 Å². The van der Waals surface area contributed by atoms with E-state index in [9.17, 15) is 14.7 Å². The van der Waals surface area contributed by atoms with Crippen molar-refractivity contribution in [3.8, 4) is 39.4 Å². The lowest BCUT2D eigenvalue weighted by Crippen LogP contribution is -2.51. The van der Waals surface area contributed by atoms with Gasteiger partial charge in [-0.05, 0) is 49.9 Å². The van der Waals surface area contributed by atoms with Crippen molar-refractivity contribution in [3.63, 3.8) is 0 Å². The normalized spacial score (nSPS) is 20.1. The molecule has 258 valence electrons. The largest absolute Gasteiger partial charge is 0.481 e. The molecule has 2 fully saturated rings. The van der Waals surface area contributed by atoms with Crippen LogP contribution in [0.1, 0.15) is 43.7 Å². The number of carbonyl (C=O) groups is 1. The fourth-order valence-corrected chi connectivity index (χ4v) is 7.51. The maximum Gasteiger partial charge on any atom is 0.262 e. The fourth-order valence-electron chi connectivity index (χ4n) is 6.85. The maximum absolute atomic E-state index is 13.2. The molecule has 0 unspecified atom stereocenters. The van der Waals surface area contributed by atoms with Gasteiger partial charge in [-0.25, -0.2) is 9.97 Å². The van der Waals surface area contributed by atoms with Crippen LogP contribution in [-0.2, 0) is 17.9 Å². The average Bonchev–Trinajstić information content (AvgIpc) is 3.52. The van der Waals surface area contributed by atoms with E-state index in [0.29, 0.717) is 71.7 Å². The van der Waals surface area contributed by atoms with Crippen LogP contribution in [0.25, 0.3) is 39.2 Å². The standard InChI is InChI=1S/C38H38Cl2N6O4/c1-38(49)16-26(17-38)42-19-24-20-43-32-15-22(13-14-46(32)37(24)48)27-5-3-6-28(34(27)39)29-7-4-8-30(35(29)40)31-11-9-23(36(45-31)50-2)18-41-21-25-10-12-33(47)44-25/h3-9,11,13-15,20,25-26,41-42,49H,10,12,16-19,21H2,1-2H3,(H,44,47)/t25-,26?,38?/m0/s1. The van der Waals surface area contributed by atoms with Crippen molar-refractivity contribution >= 4 is 34.8 Å². The number of ether oxygens (including phenoxy) is 1. The van der Waals surface area contributed by atoms with E-state index in [-0.39, 0.29) is 23.6 Å². The highest BCUT2D eigenvalue weighted by Gasteiger charge is 2.37. The van der Waals surface area contributed by atoms with Crippen LogP contribution in [0.15, 0.2) is 77.9 Å². The van der Waals surface area contributed by atoms with E-state index in [1.54, 1.807) is 19.5 Å². The van der Waals surface area contributed by atoms with E-state index in [2.05, 4.69) is 20.9 Å². The van der Waals surface area contributed by atoms with Gasteiger partial charge in [-0.1, -0.05) is 65.7 Å². The van der Waals surface area contributed by atoms with Crippen LogP contribution in [0.4, 0.5) is 0 Å². The molecule has 1 atom stereocenters. The lowest BCUT2D eigenvalue weighted by Gasteiger charge is -2.41. The highest BCUT2D eigenvalue weighted by atomic mass is 35.5. The number of hydrogen-bond acceptors (Lipinski definition) is 8. The maximum atomic E-state index is 13.2. The van der Waals surface area contributed by atoms with Gasteiger partial charge < -0.3 is 25.8 Å². The van der Waals surface area contributed by atoms with Crippen molar-refractivity contribution in [1.29, 1.82) is 0 Å². The fraction of sp³-hybridized carbons (Fsp3) is 0.316. The molecule has 1 aliphatic heterocycles. The van der Waals surface area contributed by atoms with Gasteiger partial charge in [0.15, 0.2) is 0 Å². The van der Waals surface area contributed by atoms with Crippen LogP contribution in [0.5, 0.6) is 5.88 Å². The van der Waals surface area contributed by atoms with E-state index in [0.717, 1.165) is 39.8 Å². The van der Waals surface area contributed by atoms with Gasteiger partial charge in [-0.2, -0.15) is 0 Å². The number of aliphatic hydroxyl groups is 1. The van der Waals surface area contributed by atoms with Gasteiger partial charge >= 0.3 is 0 Å². The molecule has 10 nitrogen and oxygen atoms in total. The molecule has 3 aromatic heterocycles. The second-order valence-corrected chi connectivity index (χ2v) is 14.1. The summed E-state index contributed by atoms with van der Waals surface area (Å²) in [5.41, 5.74) is 5.68. The van der Waals surface area contributed by atoms with Crippen molar-refractivity contribution in [3.05, 3.63) is 105 Å². The number of hydrogen-bond donors (Lipinski definition) is 4. The van der Waals surface area contributed by atoms with Crippen molar-refractivity contribution in [2.45, 2.75) is 63.4 Å². The van der Waals surface area contributed by atoms with Gasteiger partial charge in [0.05, 0.1) is 34.0 Å². The van der Waals surface area contributed by atoms with Crippen molar-refractivity contribution in [1.82, 2.24) is 30.3 Å². The monoisotopic (exact) mass is 712 g/mol. The van der Waals surface area contributed by atoms with Crippen molar-refractivity contribution in [2.24, 2.45) is 0 Å². The number of pyridine rings is 2. The number of fused-ring (bicyclic) bond motifs is 1. The minimum absolute atomic E-state index is 0.0938. The molecule has 1 aliphatic carbocycles. The minimum Gasteiger partial charge on any atom is -0.481 e. The molecule has 0 bridgehead atoms. The van der Waals surface area contributed by atoms with E-state index in [1.807, 2.05) is 67.6 Å². The minimum atomic E-state index is -0.634. The number of carbonyl (C=O) groups excluding carboxylic acids is 1. The van der Waals surface area contributed by atoms with Crippen LogP contribution < -0.4 is 26.2 Å². The molecule has 2 aliphatic rings. The summed E-state index contributed by atoms with van der Waals surface area (Å²) >= 11 is 14.2. The molecule has 50 heavy (non-hydrogen) atoms. The third-order valence-electron chi connectivity index (χ3n) is 9.53. The lowest BCUT2D eigenvalue weighted by atomic mass is 9.77. The van der Waals surface area contributed by atoms with E-state index in [1.165, 1.54) is 4.40 Å². The molecule has 5 aromatic rings. The summed E-state index contributed by atoms with van der Waals surface area (Å²) in [6.45, 7) is 3.42. The first-order chi connectivity index (χ1) is 24.1. The number of amides is 1. The molecular formula is C38H38Cl2N6O4. The van der Waals surface area contributed by atoms with Crippen molar-refractivity contribution in [2.75, 3.05) is 13.7 Å². The van der Waals surface area contributed by atoms with Crippen LogP contribution in [0.2, 0.25) is 10.0 Å². The number of nitrogens with one attached hydrogen (secondary N) is 3. The number of aromatic nitrogens is 3. The van der Waals surface area contributed by atoms with Gasteiger partial charge in [0.25, 0.3) is 5.56 Å². The Morgan fingerprint density at radius 1 is 0.980 bits per heavy atom. The first kappa shape index (κ1) is 34.1. The molecule has 1 saturated heterocycles. The molecule has 0 spiro atoms. The van der Waals surface area contributed by atoms with Crippen molar-refractivity contribution < 1.29 is 14.6 Å². The summed E-state index contributed by atoms with van der Waals surface area (Å²) in [4.78, 5) is 34.1. The summed E-state index contributed by atoms with van der Waals surface area (Å²) in [6.07, 6.45) is 6.05. The van der Waals surface area contributed by atoms with Gasteiger partial charge in [0.2, 0.25) is 11.8 Å². The summed E-state index contributed by atoms with van der Waals surface area (Å²) in [6, 6.07) is 19.5. The zero-order valence-corrected chi connectivity index (χ0v) is 29.3. The molecule has 7 rings (SSSR count). The summed E-state index contributed by atoms with van der Waals surface area (Å²) in [5, 5.41) is 20.7. The Balaban J connectivity index is 1.12. The summed E-state index contributed by atoms with van der Waals surface area (Å²) < 4.78 is 7.18. The van der Waals surface area contributed by atoms with Gasteiger partial charge in [0.1, 0.15) is 5.65 Å². The van der Waals surface area contributed by atoms with Crippen LogP contribution >= 0.6 is 23.2 Å². The Morgan fingerprint density at radius 2 is 1.70 bits per heavy atom. The highest BCUT2D eigenvalue weighted by molar-refractivity contribution is 6.39. The highest BCUT2D eigenvalue weighted by Crippen LogP contribution is 2.42. The second kappa shape index (κ2) is 14.1. The lowest BCUT2D eigenvalue weighted by molar-refractivity contribution is -0.119. The topological polar surface area (TPSA) is 130 Å². The smallest absolute Gasteiger partial charge is 0.262 e. The zero-order valence-electron chi connectivity index (χ0n) is 27.8. The Labute approximate surface area is 299 Å². The van der Waals surface area contributed by atoms with Crippen LogP contribution in [0.3, 0.4) is 0 Å². The third kappa shape index (κ3) is 6.99. The SMILES string of the molecule is COc1nc(-c2cccc(-c3cccc(-c4ccn5c(=O)c(CNC6CC(C)(O)C6)cnc5c4)c3Cl)c2Cl)ccc1CNC[C@@H]1CCC(=O)N1. The quantitative estimate of drug-likeness (QED) is 0.136. The Hall–Kier alpha value is -4.32. The number of nitrogens with zero attached hydrogens (tertiary/aromatic N) is 3. The van der Waals surface area contributed by atoms with E-state index < -0.39 is 5.60 Å². The molecule has 4 heterocycles. The second-order valence-electron chi connectivity index (χ2n) is 13.3. The number of rotatable bonds is 11. The Morgan fingerprint density at radius 3 is 2.40 bits per heavy atom. The third-order valence-corrected chi connectivity index (χ3v) is 10.3. The summed E-state index contributed by atoms with van der Waals surface area (Å²) in [5.74, 6) is 0.586. The number of halogens is 2. The Bertz CT molecular complexity index is 2140. The molecule has 4 N–H and O–H groups in total. The van der Waals surface area contributed by atoms with E-state index in [4.69, 9.17) is 32.9 Å². The van der Waals surface area contributed by atoms with Gasteiger partial charge in [-0.15, -0.1) is 0 Å². The predicted octanol–water partition coefficient (Wildman–Crippen LogP) is 5.78. The predicted molar refractivity (Wildman–Crippen MR) is 195 cm³/mol. The van der Waals surface area contributed by atoms with Gasteiger partial charge in [-0.3, -0.25) is 14.0 Å². The average molecular weight is 714 g/mol. The van der Waals surface area contributed by atoms with Crippen LogP contribution in [-0.4, -0.2) is 56.7 Å². The molecular weight excluding hydrogens is 675 g/mol. The van der Waals surface area contributed by atoms with E-state index >= 15 is 0 Å². The number of methoxy groups -OCH3 is 1. The molecule has 0 radical (unpaired) electrons. The Kier molecular flexibility index (Phi) is 9.65. The number of benzene rings is 2. The first-order valence-corrected chi connectivity index (χ1v) is 17.4. The summed E-state index contributed by atoms with van der Waals surface area (Å²) in [7, 11) is 1.59. The zero-order chi connectivity index (χ0) is 35.0. The first-order valence-electron chi connectivity index (χ1n) is 16.7. The molecule has 1 amide bonds. The van der Waals surface area contributed by atoms with Gasteiger partial charge in [0, 0.05) is 78.3 Å². The molecule has 1 saturated carbocycles. The molecule has 2 aromatic carbocycles.